The zero-order valence-electron chi connectivity index (χ0n) is 15.7. The molecule has 0 unspecified atom stereocenters. The summed E-state index contributed by atoms with van der Waals surface area (Å²) < 4.78 is 8.57. The van der Waals surface area contributed by atoms with Crippen molar-refractivity contribution in [2.75, 3.05) is 7.11 Å². The van der Waals surface area contributed by atoms with E-state index in [1.54, 1.807) is 13.3 Å². The van der Waals surface area contributed by atoms with Crippen LogP contribution in [0.1, 0.15) is 16.1 Å². The number of rotatable bonds is 5. The van der Waals surface area contributed by atoms with Crippen LogP contribution in [0.25, 0.3) is 16.5 Å². The fraction of sp³-hybridized carbons (Fsp3) is 0.0435. The van der Waals surface area contributed by atoms with Gasteiger partial charge in [-0.1, -0.05) is 24.3 Å². The summed E-state index contributed by atoms with van der Waals surface area (Å²) in [5.41, 5.74) is 4.93. The molecule has 0 aliphatic rings. The van der Waals surface area contributed by atoms with Crippen molar-refractivity contribution in [1.29, 1.82) is 0 Å². The number of fused-ring (bicyclic) bond motifs is 1. The number of ether oxygens (including phenoxy) is 1. The molecule has 6 heteroatoms. The van der Waals surface area contributed by atoms with Crippen LogP contribution in [0.15, 0.2) is 84.1 Å². The number of aromatic nitrogens is 1. The molecule has 0 radical (unpaired) electrons. The molecule has 1 aromatic heterocycles. The molecule has 1 amide bonds. The molecule has 29 heavy (non-hydrogen) atoms. The molecule has 0 bridgehead atoms. The maximum atomic E-state index is 12.7. The highest BCUT2D eigenvalue weighted by Crippen LogP contribution is 2.25. The number of halogens is 1. The largest absolute Gasteiger partial charge is 0.496 e. The monoisotopic (exact) mass is 495 g/mol. The Bertz CT molecular complexity index is 1200. The summed E-state index contributed by atoms with van der Waals surface area (Å²) in [6.07, 6.45) is 3.58. The van der Waals surface area contributed by atoms with E-state index in [9.17, 15) is 4.79 Å². The lowest BCUT2D eigenvalue weighted by Gasteiger charge is -2.09. The fourth-order valence-electron chi connectivity index (χ4n) is 3.12. The lowest BCUT2D eigenvalue weighted by molar-refractivity contribution is 0.0952. The Morgan fingerprint density at radius 3 is 2.48 bits per heavy atom. The van der Waals surface area contributed by atoms with Crippen LogP contribution in [0.3, 0.4) is 0 Å². The summed E-state index contributed by atoms with van der Waals surface area (Å²) in [6, 6.07) is 23.5. The number of hydrogen-bond acceptors (Lipinski definition) is 3. The number of nitrogens with one attached hydrogen (secondary N) is 1. The van der Waals surface area contributed by atoms with Gasteiger partial charge in [0.2, 0.25) is 0 Å². The second-order valence-electron chi connectivity index (χ2n) is 6.38. The third-order valence-electron chi connectivity index (χ3n) is 4.56. The van der Waals surface area contributed by atoms with E-state index in [-0.39, 0.29) is 5.91 Å². The molecule has 0 fully saturated rings. The smallest absolute Gasteiger partial charge is 0.275 e. The van der Waals surface area contributed by atoms with Crippen molar-refractivity contribution < 1.29 is 9.53 Å². The van der Waals surface area contributed by atoms with E-state index in [0.29, 0.717) is 11.3 Å². The highest BCUT2D eigenvalue weighted by atomic mass is 127. The van der Waals surface area contributed by atoms with Gasteiger partial charge < -0.3 is 9.30 Å². The first-order valence-corrected chi connectivity index (χ1v) is 10.1. The lowest BCUT2D eigenvalue weighted by atomic mass is 10.1. The predicted molar refractivity (Wildman–Crippen MR) is 124 cm³/mol. The molecule has 4 rings (SSSR count). The van der Waals surface area contributed by atoms with Crippen molar-refractivity contribution in [2.45, 2.75) is 0 Å². The molecule has 1 N–H and O–H groups in total. The third kappa shape index (κ3) is 4.17. The van der Waals surface area contributed by atoms with Crippen LogP contribution < -0.4 is 10.2 Å². The van der Waals surface area contributed by atoms with Gasteiger partial charge in [0.1, 0.15) is 5.75 Å². The van der Waals surface area contributed by atoms with Crippen LogP contribution in [0, 0.1) is 3.57 Å². The van der Waals surface area contributed by atoms with Crippen LogP contribution in [0.5, 0.6) is 5.75 Å². The normalized spacial score (nSPS) is 11.1. The molecule has 4 aromatic rings. The van der Waals surface area contributed by atoms with Gasteiger partial charge in [-0.25, -0.2) is 5.43 Å². The van der Waals surface area contributed by atoms with E-state index in [0.717, 1.165) is 22.2 Å². The minimum atomic E-state index is -0.323. The molecule has 0 saturated carbocycles. The Morgan fingerprint density at radius 1 is 1.03 bits per heavy atom. The van der Waals surface area contributed by atoms with E-state index >= 15 is 0 Å². The van der Waals surface area contributed by atoms with Gasteiger partial charge in [-0.2, -0.15) is 5.10 Å². The number of hydrazone groups is 1. The molecular weight excluding hydrogens is 477 g/mol. The summed E-state index contributed by atoms with van der Waals surface area (Å²) in [6.45, 7) is 0. The Kier molecular flexibility index (Phi) is 5.62. The maximum Gasteiger partial charge on any atom is 0.275 e. The van der Waals surface area contributed by atoms with Crippen LogP contribution >= 0.6 is 22.6 Å². The number of methoxy groups -OCH3 is 1. The Morgan fingerprint density at radius 2 is 1.76 bits per heavy atom. The van der Waals surface area contributed by atoms with E-state index < -0.39 is 0 Å². The second-order valence-corrected chi connectivity index (χ2v) is 7.62. The number of nitrogens with zero attached hydrogens (tertiary/aromatic N) is 2. The third-order valence-corrected chi connectivity index (χ3v) is 5.28. The van der Waals surface area contributed by atoms with E-state index in [2.05, 4.69) is 33.1 Å². The van der Waals surface area contributed by atoms with Crippen molar-refractivity contribution in [2.24, 2.45) is 5.10 Å². The molecule has 0 aliphatic heterocycles. The summed E-state index contributed by atoms with van der Waals surface area (Å²) in [5.74, 6) is 0.190. The molecular formula is C23H18IN3O2. The van der Waals surface area contributed by atoms with Gasteiger partial charge in [-0.3, -0.25) is 4.79 Å². The van der Waals surface area contributed by atoms with Gasteiger partial charge in [0.25, 0.3) is 5.91 Å². The second kappa shape index (κ2) is 8.48. The minimum absolute atomic E-state index is 0.323. The van der Waals surface area contributed by atoms with Gasteiger partial charge >= 0.3 is 0 Å². The van der Waals surface area contributed by atoms with Gasteiger partial charge in [0.15, 0.2) is 0 Å². The topological polar surface area (TPSA) is 55.6 Å². The molecule has 0 saturated heterocycles. The number of benzene rings is 3. The average Bonchev–Trinajstić information content (AvgIpc) is 3.21. The molecule has 0 aliphatic carbocycles. The van der Waals surface area contributed by atoms with Gasteiger partial charge in [-0.05, 0) is 81.9 Å². The summed E-state index contributed by atoms with van der Waals surface area (Å²) >= 11 is 2.28. The molecule has 5 nitrogen and oxygen atoms in total. The molecule has 0 atom stereocenters. The van der Waals surface area contributed by atoms with Crippen molar-refractivity contribution in [1.82, 2.24) is 9.99 Å². The standard InChI is InChI=1S/C23H18IN3O2/c1-29-22-14-17-6-3-2-5-16(17)13-21(22)23(28)26-25-15-20-7-4-12-27(20)19-10-8-18(24)9-11-19/h2-15H,1H3,(H,26,28). The van der Waals surface area contributed by atoms with Crippen LogP contribution in [-0.2, 0) is 0 Å². The van der Waals surface area contributed by atoms with Crippen molar-refractivity contribution in [3.63, 3.8) is 0 Å². The van der Waals surface area contributed by atoms with Crippen LogP contribution in [0.4, 0.5) is 0 Å². The Hall–Kier alpha value is -3.13. The minimum Gasteiger partial charge on any atom is -0.496 e. The number of amides is 1. The van der Waals surface area contributed by atoms with E-state index in [1.165, 1.54) is 3.57 Å². The first-order valence-electron chi connectivity index (χ1n) is 8.99. The predicted octanol–water partition coefficient (Wildman–Crippen LogP) is 5.01. The lowest BCUT2D eigenvalue weighted by Crippen LogP contribution is -2.18. The number of hydrogen-bond donors (Lipinski definition) is 1. The van der Waals surface area contributed by atoms with Crippen molar-refractivity contribution in [3.8, 4) is 11.4 Å². The van der Waals surface area contributed by atoms with Gasteiger partial charge in [-0.15, -0.1) is 0 Å². The van der Waals surface area contributed by atoms with E-state index in [4.69, 9.17) is 4.74 Å². The Balaban J connectivity index is 1.55. The number of carbonyl (C=O) groups excluding carboxylic acids is 1. The maximum absolute atomic E-state index is 12.7. The van der Waals surface area contributed by atoms with Crippen LogP contribution in [0.2, 0.25) is 0 Å². The van der Waals surface area contributed by atoms with Crippen LogP contribution in [-0.4, -0.2) is 23.8 Å². The quantitative estimate of drug-likeness (QED) is 0.241. The fourth-order valence-corrected chi connectivity index (χ4v) is 3.48. The summed E-state index contributed by atoms with van der Waals surface area (Å²) in [4.78, 5) is 12.7. The van der Waals surface area contributed by atoms with Gasteiger partial charge in [0.05, 0.1) is 24.6 Å². The molecule has 144 valence electrons. The van der Waals surface area contributed by atoms with Crippen molar-refractivity contribution >= 4 is 45.5 Å². The van der Waals surface area contributed by atoms with E-state index in [1.807, 2.05) is 83.6 Å². The SMILES string of the molecule is COc1cc2ccccc2cc1C(=O)NN=Cc1cccn1-c1ccc(I)cc1. The highest BCUT2D eigenvalue weighted by molar-refractivity contribution is 14.1. The summed E-state index contributed by atoms with van der Waals surface area (Å²) in [5, 5.41) is 6.13. The number of carbonyl (C=O) groups is 1. The highest BCUT2D eigenvalue weighted by Gasteiger charge is 2.13. The zero-order valence-corrected chi connectivity index (χ0v) is 17.8. The van der Waals surface area contributed by atoms with Gasteiger partial charge in [0, 0.05) is 15.5 Å². The molecule has 0 spiro atoms. The van der Waals surface area contributed by atoms with Crippen molar-refractivity contribution in [3.05, 3.63) is 93.8 Å². The first-order chi connectivity index (χ1) is 14.2. The molecule has 3 aromatic carbocycles. The first kappa shape index (κ1) is 19.2. The average molecular weight is 495 g/mol. The zero-order chi connectivity index (χ0) is 20.2. The molecule has 1 heterocycles. The Labute approximate surface area is 182 Å². The summed E-state index contributed by atoms with van der Waals surface area (Å²) in [7, 11) is 1.55.